The average molecular weight is 301 g/mol. The lowest BCUT2D eigenvalue weighted by Crippen LogP contribution is -2.02. The van der Waals surface area contributed by atoms with E-state index in [0.29, 0.717) is 17.9 Å². The highest BCUT2D eigenvalue weighted by molar-refractivity contribution is 6.33. The van der Waals surface area contributed by atoms with Crippen LogP contribution in [0, 0.1) is 0 Å². The van der Waals surface area contributed by atoms with E-state index in [1.54, 1.807) is 6.07 Å². The molecular weight excluding hydrogens is 291 g/mol. The minimum atomic E-state index is -1.11. The molecule has 0 atom stereocenters. The molecule has 0 spiro atoms. The highest BCUT2D eigenvalue weighted by atomic mass is 35.5. The van der Waals surface area contributed by atoms with E-state index in [1.807, 2.05) is 6.92 Å². The second-order valence-electron chi connectivity index (χ2n) is 3.79. The molecule has 1 N–H and O–H groups in total. The van der Waals surface area contributed by atoms with Gasteiger partial charge >= 0.3 is 5.97 Å². The molecule has 2 heterocycles. The lowest BCUT2D eigenvalue weighted by molar-refractivity contribution is 0.0696. The van der Waals surface area contributed by atoms with Crippen molar-refractivity contribution >= 4 is 29.2 Å². The monoisotopic (exact) mass is 300 g/mol. The number of aromatic carboxylic acids is 1. The molecule has 2 rings (SSSR count). The number of hydrogen-bond donors (Lipinski definition) is 1. The van der Waals surface area contributed by atoms with Crippen molar-refractivity contribution < 1.29 is 9.90 Å². The normalized spacial score (nSPS) is 10.7. The molecule has 0 aliphatic carbocycles. The van der Waals surface area contributed by atoms with E-state index in [2.05, 4.69) is 15.3 Å². The molecule has 0 unspecified atom stereocenters. The van der Waals surface area contributed by atoms with Crippen LogP contribution >= 0.6 is 23.2 Å². The lowest BCUT2D eigenvalue weighted by atomic mass is 10.2. The van der Waals surface area contributed by atoms with Crippen molar-refractivity contribution in [1.82, 2.24) is 20.0 Å². The Bertz CT molecular complexity index is 610. The van der Waals surface area contributed by atoms with Gasteiger partial charge in [0.1, 0.15) is 10.7 Å². The number of carboxylic acid groups (broad SMARTS) is 1. The summed E-state index contributed by atoms with van der Waals surface area (Å²) in [7, 11) is 0. The second-order valence-corrected chi connectivity index (χ2v) is 4.54. The summed E-state index contributed by atoms with van der Waals surface area (Å²) in [6.45, 7) is 1.93. The van der Waals surface area contributed by atoms with E-state index < -0.39 is 5.97 Å². The number of carboxylic acids is 1. The molecule has 0 saturated heterocycles. The number of aromatic nitrogens is 4. The van der Waals surface area contributed by atoms with Crippen molar-refractivity contribution in [3.63, 3.8) is 0 Å². The van der Waals surface area contributed by atoms with Crippen molar-refractivity contribution in [2.75, 3.05) is 0 Å². The summed E-state index contributed by atoms with van der Waals surface area (Å²) in [5.41, 5.74) is 0.428. The van der Waals surface area contributed by atoms with Crippen LogP contribution in [0.4, 0.5) is 0 Å². The van der Waals surface area contributed by atoms with Gasteiger partial charge < -0.3 is 5.11 Å². The van der Waals surface area contributed by atoms with E-state index in [9.17, 15) is 9.90 Å². The van der Waals surface area contributed by atoms with Gasteiger partial charge in [-0.05, 0) is 18.6 Å². The Morgan fingerprint density at radius 2 is 2.11 bits per heavy atom. The first kappa shape index (κ1) is 13.8. The van der Waals surface area contributed by atoms with Crippen LogP contribution in [-0.2, 0) is 6.42 Å². The minimum absolute atomic E-state index is 0.000247. The minimum Gasteiger partial charge on any atom is -0.478 e. The number of rotatable bonds is 4. The summed E-state index contributed by atoms with van der Waals surface area (Å²) in [6, 6.07) is 3.09. The molecule has 0 aliphatic rings. The van der Waals surface area contributed by atoms with Crippen molar-refractivity contribution in [3.05, 3.63) is 33.7 Å². The number of aryl methyl sites for hydroxylation is 1. The van der Waals surface area contributed by atoms with Gasteiger partial charge in [0.2, 0.25) is 0 Å². The fraction of sp³-hybridized carbons (Fsp3) is 0.273. The van der Waals surface area contributed by atoms with Gasteiger partial charge in [0.15, 0.2) is 11.0 Å². The van der Waals surface area contributed by atoms with E-state index in [-0.39, 0.29) is 15.9 Å². The molecule has 0 radical (unpaired) electrons. The van der Waals surface area contributed by atoms with Crippen LogP contribution in [0.25, 0.3) is 5.82 Å². The SMILES string of the molecule is CCCc1nn(-c2ccc(Cl)nn2)c(Cl)c1C(=O)O. The van der Waals surface area contributed by atoms with Crippen LogP contribution in [0.5, 0.6) is 0 Å². The quantitative estimate of drug-likeness (QED) is 0.938. The van der Waals surface area contributed by atoms with E-state index >= 15 is 0 Å². The summed E-state index contributed by atoms with van der Waals surface area (Å²) in [5, 5.41) is 21.1. The zero-order chi connectivity index (χ0) is 14.0. The van der Waals surface area contributed by atoms with Gasteiger partial charge in [-0.1, -0.05) is 36.5 Å². The number of halogens is 2. The van der Waals surface area contributed by atoms with Crippen molar-refractivity contribution in [1.29, 1.82) is 0 Å². The molecule has 2 aromatic rings. The highest BCUT2D eigenvalue weighted by Crippen LogP contribution is 2.24. The summed E-state index contributed by atoms with van der Waals surface area (Å²) in [4.78, 5) is 11.2. The van der Waals surface area contributed by atoms with E-state index in [1.165, 1.54) is 10.7 Å². The van der Waals surface area contributed by atoms with Crippen LogP contribution in [-0.4, -0.2) is 31.1 Å². The smallest absolute Gasteiger partial charge is 0.340 e. The van der Waals surface area contributed by atoms with Crippen LogP contribution in [0.1, 0.15) is 29.4 Å². The van der Waals surface area contributed by atoms with Gasteiger partial charge in [-0.15, -0.1) is 10.2 Å². The summed E-state index contributed by atoms with van der Waals surface area (Å²) >= 11 is 11.7. The summed E-state index contributed by atoms with van der Waals surface area (Å²) < 4.78 is 1.25. The standard InChI is InChI=1S/C11H10Cl2N4O2/c1-2-3-6-9(11(18)19)10(13)17(16-6)8-5-4-7(12)14-15-8/h4-5H,2-3H2,1H3,(H,18,19). The maximum atomic E-state index is 11.2. The third-order valence-corrected chi connectivity index (χ3v) is 2.99. The number of hydrogen-bond acceptors (Lipinski definition) is 4. The van der Waals surface area contributed by atoms with Gasteiger partial charge in [0.25, 0.3) is 0 Å². The topological polar surface area (TPSA) is 80.9 Å². The Kier molecular flexibility index (Phi) is 4.01. The fourth-order valence-electron chi connectivity index (χ4n) is 1.64. The van der Waals surface area contributed by atoms with Crippen LogP contribution in [0.3, 0.4) is 0 Å². The van der Waals surface area contributed by atoms with E-state index in [0.717, 1.165) is 6.42 Å². The van der Waals surface area contributed by atoms with Crippen LogP contribution < -0.4 is 0 Å². The predicted octanol–water partition coefficient (Wildman–Crippen LogP) is 2.62. The third-order valence-electron chi connectivity index (χ3n) is 2.44. The molecule has 19 heavy (non-hydrogen) atoms. The Labute approximate surface area is 119 Å². The fourth-order valence-corrected chi connectivity index (χ4v) is 2.05. The Morgan fingerprint density at radius 1 is 1.37 bits per heavy atom. The molecule has 0 fully saturated rings. The molecule has 0 amide bonds. The number of nitrogens with zero attached hydrogens (tertiary/aromatic N) is 4. The zero-order valence-corrected chi connectivity index (χ0v) is 11.5. The predicted molar refractivity (Wildman–Crippen MR) is 70.1 cm³/mol. The number of carbonyl (C=O) groups is 1. The molecular formula is C11H10Cl2N4O2. The zero-order valence-electron chi connectivity index (χ0n) is 9.97. The molecule has 2 aromatic heterocycles. The largest absolute Gasteiger partial charge is 0.478 e. The Balaban J connectivity index is 2.55. The molecule has 6 nitrogen and oxygen atoms in total. The molecule has 0 saturated carbocycles. The first-order chi connectivity index (χ1) is 9.04. The highest BCUT2D eigenvalue weighted by Gasteiger charge is 2.22. The molecule has 0 aliphatic heterocycles. The van der Waals surface area contributed by atoms with Gasteiger partial charge in [0.05, 0.1) is 5.69 Å². The van der Waals surface area contributed by atoms with Gasteiger partial charge in [0, 0.05) is 0 Å². The lowest BCUT2D eigenvalue weighted by Gasteiger charge is -2.00. The molecule has 8 heteroatoms. The van der Waals surface area contributed by atoms with Crippen LogP contribution in [0.15, 0.2) is 12.1 Å². The Morgan fingerprint density at radius 3 is 2.63 bits per heavy atom. The van der Waals surface area contributed by atoms with E-state index in [4.69, 9.17) is 23.2 Å². The van der Waals surface area contributed by atoms with Crippen molar-refractivity contribution in [2.45, 2.75) is 19.8 Å². The van der Waals surface area contributed by atoms with Gasteiger partial charge in [-0.3, -0.25) is 0 Å². The van der Waals surface area contributed by atoms with Crippen LogP contribution in [0.2, 0.25) is 10.3 Å². The van der Waals surface area contributed by atoms with Gasteiger partial charge in [-0.2, -0.15) is 5.10 Å². The molecule has 0 aromatic carbocycles. The average Bonchev–Trinajstić information content (AvgIpc) is 2.68. The second kappa shape index (κ2) is 5.54. The van der Waals surface area contributed by atoms with Crippen molar-refractivity contribution in [2.24, 2.45) is 0 Å². The third kappa shape index (κ3) is 2.69. The maximum Gasteiger partial charge on any atom is 0.340 e. The molecule has 100 valence electrons. The summed E-state index contributed by atoms with van der Waals surface area (Å²) in [5.74, 6) is -0.791. The van der Waals surface area contributed by atoms with Gasteiger partial charge in [-0.25, -0.2) is 9.48 Å². The van der Waals surface area contributed by atoms with Crippen molar-refractivity contribution in [3.8, 4) is 5.82 Å². The first-order valence-electron chi connectivity index (χ1n) is 5.55. The molecule has 0 bridgehead atoms. The first-order valence-corrected chi connectivity index (χ1v) is 6.30. The Hall–Kier alpha value is -1.66. The maximum absolute atomic E-state index is 11.2. The summed E-state index contributed by atoms with van der Waals surface area (Å²) in [6.07, 6.45) is 1.29.